The fourth-order valence-electron chi connectivity index (χ4n) is 2.57. The SMILES string of the molecule is CCCCC[N+](CCO)(CCCC)CCCC.[Cl-]. The van der Waals surface area contributed by atoms with Gasteiger partial charge in [-0.1, -0.05) is 40.0 Å². The summed E-state index contributed by atoms with van der Waals surface area (Å²) in [5, 5.41) is 9.34. The molecule has 0 bridgehead atoms. The Labute approximate surface area is 121 Å². The molecule has 0 aliphatic carbocycles. The second-order valence-corrected chi connectivity index (χ2v) is 5.37. The zero-order chi connectivity index (χ0) is 13.0. The van der Waals surface area contributed by atoms with Crippen molar-refractivity contribution in [3.63, 3.8) is 0 Å². The maximum absolute atomic E-state index is 9.34. The molecule has 0 aliphatic heterocycles. The smallest absolute Gasteiger partial charge is 0.102 e. The van der Waals surface area contributed by atoms with E-state index in [-0.39, 0.29) is 12.4 Å². The van der Waals surface area contributed by atoms with Gasteiger partial charge >= 0.3 is 0 Å². The highest BCUT2D eigenvalue weighted by molar-refractivity contribution is 4.49. The predicted molar refractivity (Wildman–Crippen MR) is 76.2 cm³/mol. The minimum Gasteiger partial charge on any atom is -1.00 e. The average molecular weight is 280 g/mol. The highest BCUT2D eigenvalue weighted by atomic mass is 35.5. The predicted octanol–water partition coefficient (Wildman–Crippen LogP) is 0.590. The van der Waals surface area contributed by atoms with E-state index in [9.17, 15) is 5.11 Å². The number of aliphatic hydroxyl groups excluding tert-OH is 1. The normalized spacial score (nSPS) is 11.3. The molecular formula is C15H34ClNO. The summed E-state index contributed by atoms with van der Waals surface area (Å²) in [6.07, 6.45) is 9.09. The first-order valence-corrected chi connectivity index (χ1v) is 7.70. The van der Waals surface area contributed by atoms with Crippen molar-refractivity contribution in [1.29, 1.82) is 0 Å². The number of aliphatic hydroxyl groups is 1. The van der Waals surface area contributed by atoms with Crippen molar-refractivity contribution in [3.8, 4) is 0 Å². The summed E-state index contributed by atoms with van der Waals surface area (Å²) < 4.78 is 1.16. The monoisotopic (exact) mass is 279 g/mol. The average Bonchev–Trinajstić information content (AvgIpc) is 2.34. The van der Waals surface area contributed by atoms with Gasteiger partial charge in [0.1, 0.15) is 6.54 Å². The van der Waals surface area contributed by atoms with E-state index in [4.69, 9.17) is 0 Å². The van der Waals surface area contributed by atoms with Gasteiger partial charge in [-0.25, -0.2) is 0 Å². The molecule has 112 valence electrons. The molecule has 0 saturated heterocycles. The van der Waals surface area contributed by atoms with Crippen molar-refractivity contribution in [2.75, 3.05) is 32.8 Å². The molecule has 0 saturated carbocycles. The largest absolute Gasteiger partial charge is 1.00 e. The van der Waals surface area contributed by atoms with E-state index in [1.807, 2.05) is 0 Å². The summed E-state index contributed by atoms with van der Waals surface area (Å²) in [7, 11) is 0. The molecule has 0 aromatic heterocycles. The second-order valence-electron chi connectivity index (χ2n) is 5.37. The fraction of sp³-hybridized carbons (Fsp3) is 1.00. The van der Waals surface area contributed by atoms with Gasteiger partial charge in [0, 0.05) is 0 Å². The number of halogens is 1. The van der Waals surface area contributed by atoms with E-state index in [0.717, 1.165) is 11.0 Å². The molecule has 0 heterocycles. The second kappa shape index (κ2) is 13.6. The third kappa shape index (κ3) is 9.18. The minimum absolute atomic E-state index is 0. The molecule has 0 aromatic carbocycles. The van der Waals surface area contributed by atoms with Gasteiger partial charge in [-0.15, -0.1) is 0 Å². The molecule has 2 nitrogen and oxygen atoms in total. The van der Waals surface area contributed by atoms with Gasteiger partial charge in [-0.2, -0.15) is 0 Å². The summed E-state index contributed by atoms with van der Waals surface area (Å²) in [4.78, 5) is 0. The van der Waals surface area contributed by atoms with Crippen LogP contribution in [0.25, 0.3) is 0 Å². The third-order valence-electron chi connectivity index (χ3n) is 3.78. The molecule has 0 fully saturated rings. The summed E-state index contributed by atoms with van der Waals surface area (Å²) in [6, 6.07) is 0. The van der Waals surface area contributed by atoms with Gasteiger partial charge in [0.05, 0.1) is 26.2 Å². The maximum atomic E-state index is 9.34. The summed E-state index contributed by atoms with van der Waals surface area (Å²) in [5.74, 6) is 0. The molecule has 18 heavy (non-hydrogen) atoms. The molecule has 0 amide bonds. The standard InChI is InChI=1S/C15H34NO.ClH/c1-4-7-10-13-16(14-15-17,11-8-5-2)12-9-6-3;/h17H,4-15H2,1-3H3;1H/q+1;/p-1. The van der Waals surface area contributed by atoms with Crippen molar-refractivity contribution in [3.05, 3.63) is 0 Å². The first-order chi connectivity index (χ1) is 8.24. The number of hydrogen-bond acceptors (Lipinski definition) is 1. The van der Waals surface area contributed by atoms with Crippen LogP contribution >= 0.6 is 0 Å². The van der Waals surface area contributed by atoms with Crippen LogP contribution in [0.15, 0.2) is 0 Å². The summed E-state index contributed by atoms with van der Waals surface area (Å²) in [6.45, 7) is 11.9. The summed E-state index contributed by atoms with van der Waals surface area (Å²) >= 11 is 0. The lowest BCUT2D eigenvalue weighted by molar-refractivity contribution is -0.929. The lowest BCUT2D eigenvalue weighted by Crippen LogP contribution is -3.00. The van der Waals surface area contributed by atoms with Crippen LogP contribution in [0.3, 0.4) is 0 Å². The highest BCUT2D eigenvalue weighted by Gasteiger charge is 2.24. The topological polar surface area (TPSA) is 20.2 Å². The van der Waals surface area contributed by atoms with Crippen molar-refractivity contribution < 1.29 is 22.0 Å². The lowest BCUT2D eigenvalue weighted by Gasteiger charge is -2.38. The quantitative estimate of drug-likeness (QED) is 0.410. The van der Waals surface area contributed by atoms with Crippen LogP contribution in [0.5, 0.6) is 0 Å². The van der Waals surface area contributed by atoms with Crippen LogP contribution in [0.2, 0.25) is 0 Å². The Kier molecular flexibility index (Phi) is 15.6. The molecule has 0 spiro atoms. The fourth-order valence-corrected chi connectivity index (χ4v) is 2.57. The Morgan fingerprint density at radius 3 is 1.50 bits per heavy atom. The first-order valence-electron chi connectivity index (χ1n) is 7.70. The Morgan fingerprint density at radius 2 is 1.11 bits per heavy atom. The van der Waals surface area contributed by atoms with E-state index >= 15 is 0 Å². The van der Waals surface area contributed by atoms with Crippen molar-refractivity contribution in [2.24, 2.45) is 0 Å². The lowest BCUT2D eigenvalue weighted by atomic mass is 10.1. The zero-order valence-corrected chi connectivity index (χ0v) is 13.5. The molecule has 0 atom stereocenters. The van der Waals surface area contributed by atoms with E-state index < -0.39 is 0 Å². The molecule has 1 N–H and O–H groups in total. The van der Waals surface area contributed by atoms with Crippen LogP contribution in [0.4, 0.5) is 0 Å². The molecule has 0 radical (unpaired) electrons. The van der Waals surface area contributed by atoms with E-state index in [2.05, 4.69) is 20.8 Å². The molecule has 0 unspecified atom stereocenters. The van der Waals surface area contributed by atoms with Gasteiger partial charge in [-0.3, -0.25) is 0 Å². The number of unbranched alkanes of at least 4 members (excludes halogenated alkanes) is 4. The zero-order valence-electron chi connectivity index (χ0n) is 12.8. The Balaban J connectivity index is 0. The van der Waals surface area contributed by atoms with Crippen molar-refractivity contribution in [2.45, 2.75) is 65.7 Å². The number of hydrogen-bond donors (Lipinski definition) is 1. The molecule has 0 rings (SSSR count). The van der Waals surface area contributed by atoms with Crippen molar-refractivity contribution in [1.82, 2.24) is 0 Å². The highest BCUT2D eigenvalue weighted by Crippen LogP contribution is 2.14. The molecular weight excluding hydrogens is 246 g/mol. The maximum Gasteiger partial charge on any atom is 0.102 e. The van der Waals surface area contributed by atoms with Crippen LogP contribution in [0.1, 0.15) is 65.7 Å². The Hall–Kier alpha value is 0.210. The first kappa shape index (κ1) is 20.5. The third-order valence-corrected chi connectivity index (χ3v) is 3.78. The molecule has 0 aliphatic rings. The summed E-state index contributed by atoms with van der Waals surface area (Å²) in [5.41, 5.74) is 0. The minimum atomic E-state index is 0. The van der Waals surface area contributed by atoms with Crippen LogP contribution in [-0.2, 0) is 0 Å². The van der Waals surface area contributed by atoms with Gasteiger partial charge in [-0.05, 0) is 25.7 Å². The van der Waals surface area contributed by atoms with Crippen LogP contribution in [0, 0.1) is 0 Å². The van der Waals surface area contributed by atoms with Gasteiger partial charge < -0.3 is 22.0 Å². The van der Waals surface area contributed by atoms with Crippen LogP contribution < -0.4 is 12.4 Å². The van der Waals surface area contributed by atoms with Gasteiger partial charge in [0.25, 0.3) is 0 Å². The van der Waals surface area contributed by atoms with E-state index in [1.54, 1.807) is 0 Å². The van der Waals surface area contributed by atoms with Gasteiger partial charge in [0.15, 0.2) is 0 Å². The number of rotatable bonds is 12. The Morgan fingerprint density at radius 1 is 0.667 bits per heavy atom. The molecule has 0 aromatic rings. The number of quaternary nitrogens is 1. The Bertz CT molecular complexity index is 157. The molecule has 3 heteroatoms. The van der Waals surface area contributed by atoms with E-state index in [0.29, 0.717) is 6.61 Å². The van der Waals surface area contributed by atoms with Crippen LogP contribution in [-0.4, -0.2) is 42.4 Å². The van der Waals surface area contributed by atoms with Gasteiger partial charge in [0.2, 0.25) is 0 Å². The van der Waals surface area contributed by atoms with E-state index in [1.165, 1.54) is 64.6 Å². The van der Waals surface area contributed by atoms with Crippen molar-refractivity contribution >= 4 is 0 Å². The number of nitrogens with zero attached hydrogens (tertiary/aromatic N) is 1.